The zero-order valence-corrected chi connectivity index (χ0v) is 12.6. The molecule has 19 heavy (non-hydrogen) atoms. The van der Waals surface area contributed by atoms with E-state index in [-0.39, 0.29) is 5.82 Å². The molecule has 0 aliphatic carbocycles. The van der Waals surface area contributed by atoms with Gasteiger partial charge in [0.15, 0.2) is 0 Å². The highest BCUT2D eigenvalue weighted by Gasteiger charge is 2.08. The van der Waals surface area contributed by atoms with E-state index in [4.69, 9.17) is 0 Å². The van der Waals surface area contributed by atoms with Crippen molar-refractivity contribution >= 4 is 15.9 Å². The van der Waals surface area contributed by atoms with E-state index in [2.05, 4.69) is 40.1 Å². The van der Waals surface area contributed by atoms with E-state index in [1.807, 2.05) is 10.8 Å². The van der Waals surface area contributed by atoms with E-state index in [9.17, 15) is 4.39 Å². The molecule has 2 aromatic rings. The highest BCUT2D eigenvalue weighted by molar-refractivity contribution is 9.10. The molecule has 0 amide bonds. The predicted octanol–water partition coefficient (Wildman–Crippen LogP) is 3.33. The zero-order valence-electron chi connectivity index (χ0n) is 11.0. The monoisotopic (exact) mass is 325 g/mol. The Labute approximate surface area is 121 Å². The van der Waals surface area contributed by atoms with Crippen molar-refractivity contribution in [1.29, 1.82) is 0 Å². The van der Waals surface area contributed by atoms with Gasteiger partial charge in [0.1, 0.15) is 11.6 Å². The average molecular weight is 326 g/mol. The summed E-state index contributed by atoms with van der Waals surface area (Å²) >= 11 is 3.36. The molecule has 0 saturated carbocycles. The summed E-state index contributed by atoms with van der Waals surface area (Å²) in [6, 6.07) is 5.37. The molecule has 5 heteroatoms. The first-order valence-corrected chi connectivity index (χ1v) is 7.03. The van der Waals surface area contributed by atoms with Crippen LogP contribution in [0.15, 0.2) is 35.1 Å². The highest BCUT2D eigenvalue weighted by Crippen LogP contribution is 2.17. The molecule has 0 spiro atoms. The number of nitrogens with one attached hydrogen (secondary N) is 1. The van der Waals surface area contributed by atoms with Gasteiger partial charge in [-0.25, -0.2) is 9.37 Å². The van der Waals surface area contributed by atoms with E-state index in [1.54, 1.807) is 18.3 Å². The summed E-state index contributed by atoms with van der Waals surface area (Å²) in [5.41, 5.74) is 0.651. The second-order valence-corrected chi connectivity index (χ2v) is 5.66. The summed E-state index contributed by atoms with van der Waals surface area (Å²) in [7, 11) is 0. The molecule has 3 nitrogen and oxygen atoms in total. The van der Waals surface area contributed by atoms with E-state index in [1.165, 1.54) is 6.07 Å². The van der Waals surface area contributed by atoms with E-state index in [0.717, 1.165) is 10.3 Å². The lowest BCUT2D eigenvalue weighted by atomic mass is 10.2. The second kappa shape index (κ2) is 6.30. The van der Waals surface area contributed by atoms with Gasteiger partial charge in [-0.3, -0.25) is 0 Å². The molecular formula is C14H17BrFN3. The molecule has 0 radical (unpaired) electrons. The predicted molar refractivity (Wildman–Crippen MR) is 77.4 cm³/mol. The fraction of sp³-hybridized carbons (Fsp3) is 0.357. The molecule has 0 aliphatic heterocycles. The lowest BCUT2D eigenvalue weighted by molar-refractivity contribution is 0.547. The molecule has 1 N–H and O–H groups in total. The third kappa shape index (κ3) is 3.88. The SMILES string of the molecule is CC(C)NCc1nccn1Cc1cc(Br)ccc1F. The largest absolute Gasteiger partial charge is 0.329 e. The third-order valence-electron chi connectivity index (χ3n) is 2.82. The van der Waals surface area contributed by atoms with Gasteiger partial charge >= 0.3 is 0 Å². The summed E-state index contributed by atoms with van der Waals surface area (Å²) in [5, 5.41) is 3.31. The van der Waals surface area contributed by atoms with Gasteiger partial charge in [0.25, 0.3) is 0 Å². The summed E-state index contributed by atoms with van der Waals surface area (Å²) in [6.07, 6.45) is 3.62. The molecule has 0 fully saturated rings. The normalized spacial score (nSPS) is 11.2. The smallest absolute Gasteiger partial charge is 0.128 e. The van der Waals surface area contributed by atoms with Crippen LogP contribution in [0.3, 0.4) is 0 Å². The Morgan fingerprint density at radius 1 is 1.42 bits per heavy atom. The zero-order chi connectivity index (χ0) is 13.8. The van der Waals surface area contributed by atoms with Gasteiger partial charge in [0, 0.05) is 28.5 Å². The minimum Gasteiger partial charge on any atom is -0.329 e. The van der Waals surface area contributed by atoms with E-state index >= 15 is 0 Å². The van der Waals surface area contributed by atoms with Crippen LogP contribution in [0.1, 0.15) is 25.2 Å². The Hall–Kier alpha value is -1.20. The topological polar surface area (TPSA) is 29.9 Å². The van der Waals surface area contributed by atoms with Crippen molar-refractivity contribution in [3.63, 3.8) is 0 Å². The summed E-state index contributed by atoms with van der Waals surface area (Å²) in [5.74, 6) is 0.716. The maximum absolute atomic E-state index is 13.7. The number of nitrogens with zero attached hydrogens (tertiary/aromatic N) is 2. The number of hydrogen-bond acceptors (Lipinski definition) is 2. The molecule has 2 rings (SSSR count). The molecular weight excluding hydrogens is 309 g/mol. The molecule has 1 heterocycles. The number of hydrogen-bond donors (Lipinski definition) is 1. The quantitative estimate of drug-likeness (QED) is 0.913. The van der Waals surface area contributed by atoms with Crippen LogP contribution in [0.5, 0.6) is 0 Å². The lowest BCUT2D eigenvalue weighted by Crippen LogP contribution is -2.24. The molecule has 0 atom stereocenters. The van der Waals surface area contributed by atoms with Gasteiger partial charge in [-0.1, -0.05) is 29.8 Å². The van der Waals surface area contributed by atoms with Crippen molar-refractivity contribution < 1.29 is 4.39 Å². The number of halogens is 2. The third-order valence-corrected chi connectivity index (χ3v) is 3.31. The number of rotatable bonds is 5. The Morgan fingerprint density at radius 3 is 2.95 bits per heavy atom. The fourth-order valence-electron chi connectivity index (χ4n) is 1.79. The molecule has 1 aromatic carbocycles. The van der Waals surface area contributed by atoms with Crippen LogP contribution in [0.25, 0.3) is 0 Å². The van der Waals surface area contributed by atoms with Crippen LogP contribution in [0.2, 0.25) is 0 Å². The van der Waals surface area contributed by atoms with Crippen LogP contribution in [0, 0.1) is 5.82 Å². The van der Waals surface area contributed by atoms with Crippen molar-refractivity contribution in [1.82, 2.24) is 14.9 Å². The number of aromatic nitrogens is 2. The summed E-state index contributed by atoms with van der Waals surface area (Å²) in [6.45, 7) is 5.34. The molecule has 0 saturated heterocycles. The second-order valence-electron chi connectivity index (χ2n) is 4.74. The minimum absolute atomic E-state index is 0.195. The van der Waals surface area contributed by atoms with Gasteiger partial charge in [-0.05, 0) is 18.2 Å². The van der Waals surface area contributed by atoms with Gasteiger partial charge in [0.2, 0.25) is 0 Å². The first-order valence-electron chi connectivity index (χ1n) is 6.23. The molecule has 102 valence electrons. The summed E-state index contributed by atoms with van der Waals surface area (Å²) < 4.78 is 16.6. The van der Waals surface area contributed by atoms with Crippen LogP contribution < -0.4 is 5.32 Å². The average Bonchev–Trinajstić information content (AvgIpc) is 2.79. The minimum atomic E-state index is -0.195. The van der Waals surface area contributed by atoms with Crippen LogP contribution in [0.4, 0.5) is 4.39 Å². The van der Waals surface area contributed by atoms with Gasteiger partial charge in [-0.2, -0.15) is 0 Å². The lowest BCUT2D eigenvalue weighted by Gasteiger charge is -2.11. The van der Waals surface area contributed by atoms with Gasteiger partial charge in [-0.15, -0.1) is 0 Å². The first-order chi connectivity index (χ1) is 9.06. The van der Waals surface area contributed by atoms with Gasteiger partial charge < -0.3 is 9.88 Å². The Kier molecular flexibility index (Phi) is 4.71. The van der Waals surface area contributed by atoms with Crippen LogP contribution >= 0.6 is 15.9 Å². The molecule has 1 aromatic heterocycles. The Bertz CT molecular complexity index is 551. The van der Waals surface area contributed by atoms with Crippen LogP contribution in [-0.2, 0) is 13.1 Å². The number of imidazole rings is 1. The van der Waals surface area contributed by atoms with Crippen molar-refractivity contribution in [2.24, 2.45) is 0 Å². The molecule has 0 unspecified atom stereocenters. The Balaban J connectivity index is 2.15. The van der Waals surface area contributed by atoms with E-state index in [0.29, 0.717) is 24.7 Å². The maximum atomic E-state index is 13.7. The molecule has 0 aliphatic rings. The molecule has 0 bridgehead atoms. The van der Waals surface area contributed by atoms with E-state index < -0.39 is 0 Å². The van der Waals surface area contributed by atoms with Crippen molar-refractivity contribution in [2.45, 2.75) is 33.0 Å². The Morgan fingerprint density at radius 2 is 2.21 bits per heavy atom. The van der Waals surface area contributed by atoms with Crippen molar-refractivity contribution in [3.05, 3.63) is 52.3 Å². The number of benzene rings is 1. The highest BCUT2D eigenvalue weighted by atomic mass is 79.9. The van der Waals surface area contributed by atoms with Crippen molar-refractivity contribution in [3.8, 4) is 0 Å². The maximum Gasteiger partial charge on any atom is 0.128 e. The van der Waals surface area contributed by atoms with Crippen molar-refractivity contribution in [2.75, 3.05) is 0 Å². The van der Waals surface area contributed by atoms with Crippen LogP contribution in [-0.4, -0.2) is 15.6 Å². The first kappa shape index (κ1) is 14.2. The summed E-state index contributed by atoms with van der Waals surface area (Å²) in [4.78, 5) is 4.30. The van der Waals surface area contributed by atoms with Gasteiger partial charge in [0.05, 0.1) is 13.1 Å². The fourth-order valence-corrected chi connectivity index (χ4v) is 2.20. The standard InChI is InChI=1S/C14H17BrFN3/c1-10(2)18-8-14-17-5-6-19(14)9-11-7-12(15)3-4-13(11)16/h3-7,10,18H,8-9H2,1-2H3.